The third-order valence-electron chi connectivity index (χ3n) is 4.01. The minimum atomic E-state index is -4.44. The van der Waals surface area contributed by atoms with Crippen LogP contribution in [0.5, 0.6) is 0 Å². The number of nitrogens with zero attached hydrogens (tertiary/aromatic N) is 1. The zero-order valence-corrected chi connectivity index (χ0v) is 17.4. The first-order valence-electron chi connectivity index (χ1n) is 9.06. The zero-order valence-electron chi connectivity index (χ0n) is 16.6. The van der Waals surface area contributed by atoms with Gasteiger partial charge in [0, 0.05) is 25.5 Å². The van der Waals surface area contributed by atoms with Crippen molar-refractivity contribution in [3.05, 3.63) is 46.8 Å². The summed E-state index contributed by atoms with van der Waals surface area (Å²) >= 11 is 5.65. The number of hydrogen-bond acceptors (Lipinski definition) is 5. The fourth-order valence-corrected chi connectivity index (χ4v) is 2.48. The molecule has 0 bridgehead atoms. The second-order valence-electron chi connectivity index (χ2n) is 6.18. The summed E-state index contributed by atoms with van der Waals surface area (Å²) in [5.74, 6) is 0.705. The van der Waals surface area contributed by atoms with Crippen LogP contribution in [0.25, 0.3) is 0 Å². The van der Waals surface area contributed by atoms with E-state index in [1.807, 2.05) is 0 Å². The smallest absolute Gasteiger partial charge is 0.390 e. The predicted molar refractivity (Wildman–Crippen MR) is 111 cm³/mol. The van der Waals surface area contributed by atoms with E-state index in [-0.39, 0.29) is 23.1 Å². The molecule has 1 aromatic carbocycles. The van der Waals surface area contributed by atoms with Gasteiger partial charge in [-0.25, -0.2) is 0 Å². The number of alkyl halides is 4. The van der Waals surface area contributed by atoms with Gasteiger partial charge in [0.15, 0.2) is 12.2 Å². The normalized spacial score (nSPS) is 13.9. The molecular weight excluding hydrogens is 423 g/mol. The van der Waals surface area contributed by atoms with Gasteiger partial charge in [-0.15, -0.1) is 11.6 Å². The lowest BCUT2D eigenvalue weighted by Crippen LogP contribution is -2.37. The Morgan fingerprint density at radius 2 is 1.97 bits per heavy atom. The van der Waals surface area contributed by atoms with E-state index in [1.54, 1.807) is 14.0 Å². The third-order valence-corrected chi connectivity index (χ3v) is 4.28. The maximum Gasteiger partial charge on any atom is 0.416 e. The highest BCUT2D eigenvalue weighted by Gasteiger charge is 2.30. The molecule has 7 nitrogen and oxygen atoms in total. The summed E-state index contributed by atoms with van der Waals surface area (Å²) in [6.45, 7) is 1.49. The van der Waals surface area contributed by atoms with Crippen LogP contribution in [-0.4, -0.2) is 49.1 Å². The van der Waals surface area contributed by atoms with Crippen LogP contribution in [0.4, 0.5) is 13.2 Å². The lowest BCUT2D eigenvalue weighted by Gasteiger charge is -2.19. The minimum Gasteiger partial charge on any atom is -0.390 e. The Kier molecular flexibility index (Phi) is 10.3. The van der Waals surface area contributed by atoms with Crippen LogP contribution < -0.4 is 16.0 Å². The van der Waals surface area contributed by atoms with Crippen LogP contribution in [0.15, 0.2) is 40.7 Å². The summed E-state index contributed by atoms with van der Waals surface area (Å²) in [6, 6.07) is 4.01. The Balaban J connectivity index is 3.23. The summed E-state index contributed by atoms with van der Waals surface area (Å²) in [5.41, 5.74) is -0.795. The Labute approximate surface area is 177 Å². The van der Waals surface area contributed by atoms with Crippen LogP contribution in [0, 0.1) is 5.41 Å². The highest BCUT2D eigenvalue weighted by molar-refractivity contribution is 6.17. The van der Waals surface area contributed by atoms with Crippen molar-refractivity contribution in [2.45, 2.75) is 25.6 Å². The molecule has 0 saturated heterocycles. The van der Waals surface area contributed by atoms with Gasteiger partial charge in [-0.05, 0) is 31.0 Å². The molecule has 0 fully saturated rings. The SMILES string of the molecule is CN/C(=N\C(N[C@@H](C)c1ccc(C(F)(F)F)cc1)=C(/C=O)C(=N)CO)NCCCCl. The average Bonchev–Trinajstić information content (AvgIpc) is 2.72. The van der Waals surface area contributed by atoms with Crippen LogP contribution in [-0.2, 0) is 11.0 Å². The minimum absolute atomic E-state index is 0.0147. The third kappa shape index (κ3) is 7.68. The van der Waals surface area contributed by atoms with Gasteiger partial charge in [0.2, 0.25) is 0 Å². The first-order chi connectivity index (χ1) is 14.2. The van der Waals surface area contributed by atoms with Crippen molar-refractivity contribution in [1.29, 1.82) is 5.41 Å². The molecule has 5 N–H and O–H groups in total. The van der Waals surface area contributed by atoms with Gasteiger partial charge in [-0.2, -0.15) is 18.2 Å². The standard InChI is InChI=1S/C19H25ClF3N5O2/c1-12(13-4-6-14(7-5-13)19(21,22)23)27-17(15(10-29)16(24)11-30)28-18(25-2)26-9-3-8-20/h4-7,10,12,24,27,30H,3,8-9,11H2,1-2H3,(H2,25,26,28)/b17-15+,24-16?/t12-/m0/s1. The van der Waals surface area contributed by atoms with Gasteiger partial charge in [0.1, 0.15) is 5.82 Å². The van der Waals surface area contributed by atoms with Crippen molar-refractivity contribution >= 4 is 29.6 Å². The van der Waals surface area contributed by atoms with Gasteiger partial charge < -0.3 is 26.5 Å². The van der Waals surface area contributed by atoms with E-state index in [1.165, 1.54) is 12.1 Å². The summed E-state index contributed by atoms with van der Waals surface area (Å²) in [7, 11) is 1.60. The number of hydrogen-bond donors (Lipinski definition) is 5. The Morgan fingerprint density at radius 1 is 1.33 bits per heavy atom. The summed E-state index contributed by atoms with van der Waals surface area (Å²) in [4.78, 5) is 15.8. The number of halogens is 4. The van der Waals surface area contributed by atoms with E-state index in [0.29, 0.717) is 30.7 Å². The number of guanidine groups is 1. The number of aldehydes is 1. The van der Waals surface area contributed by atoms with Crippen molar-refractivity contribution in [3.8, 4) is 0 Å². The van der Waals surface area contributed by atoms with E-state index in [4.69, 9.17) is 17.0 Å². The number of rotatable bonds is 10. The molecular formula is C19H25ClF3N5O2. The molecule has 0 aromatic heterocycles. The first kappa shape index (κ1) is 25.4. The highest BCUT2D eigenvalue weighted by Crippen LogP contribution is 2.30. The van der Waals surface area contributed by atoms with Gasteiger partial charge in [-0.1, -0.05) is 12.1 Å². The lowest BCUT2D eigenvalue weighted by atomic mass is 10.1. The molecule has 0 unspecified atom stereocenters. The van der Waals surface area contributed by atoms with E-state index < -0.39 is 24.4 Å². The quantitative estimate of drug-likeness (QED) is 0.0945. The van der Waals surface area contributed by atoms with Crippen molar-refractivity contribution in [2.75, 3.05) is 26.1 Å². The number of aliphatic imine (C=N–C) groups is 1. The van der Waals surface area contributed by atoms with Crippen molar-refractivity contribution in [3.63, 3.8) is 0 Å². The molecule has 166 valence electrons. The highest BCUT2D eigenvalue weighted by atomic mass is 35.5. The van der Waals surface area contributed by atoms with Crippen molar-refractivity contribution in [2.24, 2.45) is 4.99 Å². The first-order valence-corrected chi connectivity index (χ1v) is 9.59. The van der Waals surface area contributed by atoms with Crippen LogP contribution in [0.1, 0.15) is 30.5 Å². The number of nitrogens with one attached hydrogen (secondary N) is 4. The Hall–Kier alpha value is -2.59. The fourth-order valence-electron chi connectivity index (χ4n) is 2.34. The van der Waals surface area contributed by atoms with Gasteiger partial charge in [0.05, 0.1) is 23.5 Å². The molecule has 0 aliphatic rings. The van der Waals surface area contributed by atoms with E-state index >= 15 is 0 Å². The van der Waals surface area contributed by atoms with Gasteiger partial charge in [-0.3, -0.25) is 4.79 Å². The number of benzene rings is 1. The molecule has 11 heteroatoms. The largest absolute Gasteiger partial charge is 0.416 e. The molecule has 0 aliphatic carbocycles. The van der Waals surface area contributed by atoms with E-state index in [9.17, 15) is 23.1 Å². The average molecular weight is 448 g/mol. The lowest BCUT2D eigenvalue weighted by molar-refractivity contribution is -0.137. The molecule has 0 spiro atoms. The number of carbonyl (C=O) groups excluding carboxylic acids is 1. The molecule has 1 rings (SSSR count). The maximum atomic E-state index is 12.8. The molecule has 1 atom stereocenters. The number of aliphatic hydroxyl groups excluding tert-OH is 1. The van der Waals surface area contributed by atoms with Crippen LogP contribution in [0.3, 0.4) is 0 Å². The fraction of sp³-hybridized carbons (Fsp3) is 0.421. The number of carbonyl (C=O) groups is 1. The van der Waals surface area contributed by atoms with Crippen LogP contribution >= 0.6 is 11.6 Å². The Bertz CT molecular complexity index is 779. The predicted octanol–water partition coefficient (Wildman–Crippen LogP) is 2.57. The second-order valence-corrected chi connectivity index (χ2v) is 6.56. The maximum absolute atomic E-state index is 12.8. The van der Waals surface area contributed by atoms with Crippen molar-refractivity contribution in [1.82, 2.24) is 16.0 Å². The summed E-state index contributed by atoms with van der Waals surface area (Å²) < 4.78 is 38.3. The van der Waals surface area contributed by atoms with Crippen molar-refractivity contribution < 1.29 is 23.1 Å². The molecule has 30 heavy (non-hydrogen) atoms. The molecule has 0 radical (unpaired) electrons. The number of aliphatic hydroxyl groups is 1. The van der Waals surface area contributed by atoms with E-state index in [0.717, 1.165) is 12.1 Å². The molecule has 0 saturated carbocycles. The topological polar surface area (TPSA) is 110 Å². The molecule has 0 amide bonds. The molecule has 0 aliphatic heterocycles. The van der Waals surface area contributed by atoms with Gasteiger partial charge in [0.25, 0.3) is 0 Å². The van der Waals surface area contributed by atoms with E-state index in [2.05, 4.69) is 20.9 Å². The molecule has 0 heterocycles. The van der Waals surface area contributed by atoms with Crippen LogP contribution in [0.2, 0.25) is 0 Å². The molecule has 1 aromatic rings. The zero-order chi connectivity index (χ0) is 22.7. The summed E-state index contributed by atoms with van der Waals surface area (Å²) in [6.07, 6.45) is -3.40. The second kappa shape index (κ2) is 12.2. The van der Waals surface area contributed by atoms with Gasteiger partial charge >= 0.3 is 6.18 Å². The monoisotopic (exact) mass is 447 g/mol. The Morgan fingerprint density at radius 3 is 2.43 bits per heavy atom. The summed E-state index contributed by atoms with van der Waals surface area (Å²) in [5, 5.41) is 25.8.